The van der Waals surface area contributed by atoms with Crippen LogP contribution in [0.25, 0.3) is 0 Å². The topological polar surface area (TPSA) is 38.8 Å². The van der Waals surface area contributed by atoms with Gasteiger partial charge in [0, 0.05) is 11.1 Å². The second kappa shape index (κ2) is 8.09. The maximum Gasteiger partial charge on any atom is 0.293 e. The number of aryl methyl sites for hydroxylation is 1. The van der Waals surface area contributed by atoms with Crippen LogP contribution in [0.4, 0.5) is 4.39 Å². The average molecular weight is 371 g/mol. The van der Waals surface area contributed by atoms with Crippen LogP contribution in [0, 0.1) is 19.7 Å². The molecule has 0 bridgehead atoms. The Morgan fingerprint density at radius 3 is 2.67 bits per heavy atom. The minimum Gasteiger partial charge on any atom is -0.489 e. The van der Waals surface area contributed by atoms with Crippen LogP contribution in [-0.4, -0.2) is 31.5 Å². The van der Waals surface area contributed by atoms with Gasteiger partial charge in [0.1, 0.15) is 24.3 Å². The summed E-state index contributed by atoms with van der Waals surface area (Å²) in [6.45, 7) is 4.70. The van der Waals surface area contributed by atoms with E-state index in [4.69, 9.17) is 9.47 Å². The molecule has 5 heteroatoms. The number of hydrogen-bond donors (Lipinski definition) is 0. The molecule has 0 heterocycles. The summed E-state index contributed by atoms with van der Waals surface area (Å²) in [4.78, 5) is 13.3. The van der Waals surface area contributed by atoms with Crippen LogP contribution in [0.2, 0.25) is 0 Å². The van der Waals surface area contributed by atoms with E-state index in [2.05, 4.69) is 4.90 Å². The zero-order valence-electron chi connectivity index (χ0n) is 16.3. The van der Waals surface area contributed by atoms with Crippen molar-refractivity contribution < 1.29 is 18.7 Å². The van der Waals surface area contributed by atoms with Crippen molar-refractivity contribution >= 4 is 6.47 Å². The summed E-state index contributed by atoms with van der Waals surface area (Å²) >= 11 is 0. The number of likely N-dealkylation sites (N-methyl/N-ethyl adjacent to an activating group) is 1. The van der Waals surface area contributed by atoms with Gasteiger partial charge in [0.25, 0.3) is 6.47 Å². The molecule has 0 aliphatic heterocycles. The lowest BCUT2D eigenvalue weighted by Gasteiger charge is -2.38. The van der Waals surface area contributed by atoms with Crippen LogP contribution in [0.15, 0.2) is 30.3 Å². The predicted octanol–water partition coefficient (Wildman–Crippen LogP) is 4.11. The summed E-state index contributed by atoms with van der Waals surface area (Å²) in [5, 5.41) is 0. The fourth-order valence-corrected chi connectivity index (χ4v) is 3.98. The van der Waals surface area contributed by atoms with Gasteiger partial charge in [-0.05, 0) is 69.6 Å². The summed E-state index contributed by atoms with van der Waals surface area (Å²) in [6, 6.07) is 8.72. The molecular formula is C22H26FNO3. The molecule has 1 unspecified atom stereocenters. The van der Waals surface area contributed by atoms with Crippen molar-refractivity contribution in [3.05, 3.63) is 64.0 Å². The Balaban J connectivity index is 1.97. The van der Waals surface area contributed by atoms with Gasteiger partial charge >= 0.3 is 0 Å². The lowest BCUT2D eigenvalue weighted by molar-refractivity contribution is -0.137. The second-order valence-corrected chi connectivity index (χ2v) is 7.31. The Morgan fingerprint density at radius 1 is 1.26 bits per heavy atom. The molecule has 0 saturated carbocycles. The number of hydrogen-bond acceptors (Lipinski definition) is 4. The maximum absolute atomic E-state index is 13.9. The third-order valence-electron chi connectivity index (χ3n) is 5.45. The second-order valence-electron chi connectivity index (χ2n) is 7.31. The lowest BCUT2D eigenvalue weighted by Crippen LogP contribution is -2.39. The molecule has 1 aliphatic rings. The fourth-order valence-electron chi connectivity index (χ4n) is 3.98. The summed E-state index contributed by atoms with van der Waals surface area (Å²) in [5.41, 5.74) is 4.81. The molecule has 2 aromatic rings. The normalized spacial score (nSPS) is 18.9. The minimum atomic E-state index is -0.336. The van der Waals surface area contributed by atoms with Gasteiger partial charge in [-0.25, -0.2) is 4.39 Å². The van der Waals surface area contributed by atoms with Gasteiger partial charge in [0.2, 0.25) is 0 Å². The predicted molar refractivity (Wildman–Crippen MR) is 102 cm³/mol. The van der Waals surface area contributed by atoms with Gasteiger partial charge in [-0.15, -0.1) is 0 Å². The highest BCUT2D eigenvalue weighted by molar-refractivity contribution is 5.53. The summed E-state index contributed by atoms with van der Waals surface area (Å²) in [6.07, 6.45) is 1.52. The van der Waals surface area contributed by atoms with Gasteiger partial charge < -0.3 is 14.4 Å². The fraction of sp³-hybridized carbons (Fsp3) is 0.409. The first-order chi connectivity index (χ1) is 12.9. The molecule has 0 spiro atoms. The molecule has 0 aromatic heterocycles. The van der Waals surface area contributed by atoms with Crippen LogP contribution >= 0.6 is 0 Å². The van der Waals surface area contributed by atoms with Crippen molar-refractivity contribution in [2.24, 2.45) is 0 Å². The Bertz CT molecular complexity index is 835. The molecule has 144 valence electrons. The first kappa shape index (κ1) is 19.4. The standard InChI is InChI=1S/C22H26FNO3/c1-14-11-20(26-12-16-7-5-6-8-18(16)23)15(2)21-17(14)9-10-19(24(3)4)22(21)27-13-25/h5-8,11,13,19,22H,9-10,12H2,1-4H3/t19?,22-/m1/s1. The molecule has 3 rings (SSSR count). The van der Waals surface area contributed by atoms with Gasteiger partial charge in [-0.1, -0.05) is 18.2 Å². The molecule has 0 fully saturated rings. The van der Waals surface area contributed by atoms with E-state index < -0.39 is 0 Å². The zero-order valence-corrected chi connectivity index (χ0v) is 16.3. The molecule has 0 N–H and O–H groups in total. The van der Waals surface area contributed by atoms with Gasteiger partial charge in [-0.3, -0.25) is 4.79 Å². The van der Waals surface area contributed by atoms with E-state index in [9.17, 15) is 9.18 Å². The number of halogens is 1. The highest BCUT2D eigenvalue weighted by atomic mass is 19.1. The van der Waals surface area contributed by atoms with Gasteiger partial charge in [0.15, 0.2) is 0 Å². The Hall–Kier alpha value is -2.40. The SMILES string of the molecule is Cc1cc(OCc2ccccc2F)c(C)c2c1CCC(N(C)C)[C@H]2OC=O. The van der Waals surface area contributed by atoms with Gasteiger partial charge in [-0.2, -0.15) is 0 Å². The molecule has 2 aromatic carbocycles. The van der Waals surface area contributed by atoms with E-state index in [1.807, 2.05) is 34.0 Å². The van der Waals surface area contributed by atoms with Crippen molar-refractivity contribution in [3.8, 4) is 5.75 Å². The molecule has 2 atom stereocenters. The maximum atomic E-state index is 13.9. The highest BCUT2D eigenvalue weighted by Crippen LogP contribution is 2.41. The number of rotatable bonds is 6. The van der Waals surface area contributed by atoms with Crippen LogP contribution in [0.5, 0.6) is 5.75 Å². The molecular weight excluding hydrogens is 345 g/mol. The zero-order chi connectivity index (χ0) is 19.6. The van der Waals surface area contributed by atoms with Crippen molar-refractivity contribution in [1.82, 2.24) is 4.90 Å². The highest BCUT2D eigenvalue weighted by Gasteiger charge is 2.35. The average Bonchev–Trinajstić information content (AvgIpc) is 2.64. The monoisotopic (exact) mass is 371 g/mol. The molecule has 0 amide bonds. The number of carbonyl (C=O) groups is 1. The largest absolute Gasteiger partial charge is 0.489 e. The van der Waals surface area contributed by atoms with Crippen LogP contribution < -0.4 is 4.74 Å². The van der Waals surface area contributed by atoms with Crippen LogP contribution in [0.1, 0.15) is 40.3 Å². The van der Waals surface area contributed by atoms with E-state index in [0.29, 0.717) is 17.8 Å². The van der Waals surface area contributed by atoms with Crippen molar-refractivity contribution in [3.63, 3.8) is 0 Å². The smallest absolute Gasteiger partial charge is 0.293 e. The lowest BCUT2D eigenvalue weighted by atomic mass is 9.80. The van der Waals surface area contributed by atoms with Gasteiger partial charge in [0.05, 0.1) is 6.04 Å². The minimum absolute atomic E-state index is 0.114. The quantitative estimate of drug-likeness (QED) is 0.717. The Morgan fingerprint density at radius 2 is 2.00 bits per heavy atom. The first-order valence-corrected chi connectivity index (χ1v) is 9.18. The molecule has 1 aliphatic carbocycles. The first-order valence-electron chi connectivity index (χ1n) is 9.18. The Labute approximate surface area is 159 Å². The van der Waals surface area contributed by atoms with E-state index in [0.717, 1.165) is 29.5 Å². The number of nitrogens with zero attached hydrogens (tertiary/aromatic N) is 1. The van der Waals surface area contributed by atoms with Crippen molar-refractivity contribution in [1.29, 1.82) is 0 Å². The van der Waals surface area contributed by atoms with E-state index in [-0.39, 0.29) is 24.6 Å². The summed E-state index contributed by atoms with van der Waals surface area (Å²) in [7, 11) is 4.00. The van der Waals surface area contributed by atoms with E-state index >= 15 is 0 Å². The van der Waals surface area contributed by atoms with Crippen molar-refractivity contribution in [2.75, 3.05) is 14.1 Å². The number of fused-ring (bicyclic) bond motifs is 1. The third kappa shape index (κ3) is 3.83. The van der Waals surface area contributed by atoms with Crippen LogP contribution in [-0.2, 0) is 22.6 Å². The summed E-state index contributed by atoms with van der Waals surface area (Å²) < 4.78 is 25.4. The number of ether oxygens (including phenoxy) is 2. The number of benzene rings is 2. The summed E-state index contributed by atoms with van der Waals surface area (Å²) in [5.74, 6) is 0.424. The third-order valence-corrected chi connectivity index (χ3v) is 5.45. The molecule has 0 radical (unpaired) electrons. The van der Waals surface area contributed by atoms with E-state index in [1.54, 1.807) is 18.2 Å². The Kier molecular flexibility index (Phi) is 5.80. The molecule has 0 saturated heterocycles. The molecule has 27 heavy (non-hydrogen) atoms. The number of carbonyl (C=O) groups excluding carboxylic acids is 1. The van der Waals surface area contributed by atoms with Crippen molar-refractivity contribution in [2.45, 2.75) is 45.4 Å². The van der Waals surface area contributed by atoms with E-state index in [1.165, 1.54) is 11.6 Å². The van der Waals surface area contributed by atoms with Crippen LogP contribution in [0.3, 0.4) is 0 Å². The molecule has 4 nitrogen and oxygen atoms in total.